The maximum absolute atomic E-state index is 12.9. The molecule has 2 aliphatic heterocycles. The summed E-state index contributed by atoms with van der Waals surface area (Å²) < 4.78 is 0. The van der Waals surface area contributed by atoms with E-state index in [9.17, 15) is 9.59 Å². The molecular formula is C19H26N2O2. The summed E-state index contributed by atoms with van der Waals surface area (Å²) in [5, 5.41) is 0. The van der Waals surface area contributed by atoms with Gasteiger partial charge in [0.2, 0.25) is 5.91 Å². The maximum atomic E-state index is 12.9. The van der Waals surface area contributed by atoms with Gasteiger partial charge in [0, 0.05) is 37.7 Å². The summed E-state index contributed by atoms with van der Waals surface area (Å²) in [6, 6.07) is 8.19. The largest absolute Gasteiger partial charge is 0.338 e. The van der Waals surface area contributed by atoms with Gasteiger partial charge in [0.25, 0.3) is 5.91 Å². The molecule has 2 heterocycles. The predicted octanol–water partition coefficient (Wildman–Crippen LogP) is 3.21. The Morgan fingerprint density at radius 2 is 2.09 bits per heavy atom. The van der Waals surface area contributed by atoms with Crippen LogP contribution >= 0.6 is 0 Å². The molecule has 23 heavy (non-hydrogen) atoms. The van der Waals surface area contributed by atoms with Crippen LogP contribution in [0.15, 0.2) is 24.3 Å². The number of benzene rings is 1. The van der Waals surface area contributed by atoms with Crippen LogP contribution in [-0.4, -0.2) is 40.7 Å². The number of carbonyl (C=O) groups excluding carboxylic acids is 2. The molecule has 0 N–H and O–H groups in total. The minimum atomic E-state index is 0.145. The van der Waals surface area contributed by atoms with E-state index in [1.165, 1.54) is 6.42 Å². The van der Waals surface area contributed by atoms with E-state index in [1.807, 2.05) is 34.1 Å². The summed E-state index contributed by atoms with van der Waals surface area (Å²) >= 11 is 0. The topological polar surface area (TPSA) is 40.6 Å². The smallest absolute Gasteiger partial charge is 0.254 e. The van der Waals surface area contributed by atoms with Crippen LogP contribution in [0.2, 0.25) is 0 Å². The fourth-order valence-electron chi connectivity index (χ4n) is 3.75. The molecule has 1 atom stereocenters. The highest BCUT2D eigenvalue weighted by atomic mass is 16.2. The monoisotopic (exact) mass is 314 g/mol. The zero-order valence-corrected chi connectivity index (χ0v) is 14.0. The van der Waals surface area contributed by atoms with Gasteiger partial charge >= 0.3 is 0 Å². The molecule has 0 bridgehead atoms. The van der Waals surface area contributed by atoms with E-state index in [4.69, 9.17) is 0 Å². The molecule has 0 radical (unpaired) electrons. The minimum Gasteiger partial charge on any atom is -0.338 e. The van der Waals surface area contributed by atoms with Crippen molar-refractivity contribution in [1.82, 2.24) is 9.80 Å². The molecule has 2 amide bonds. The van der Waals surface area contributed by atoms with Crippen LogP contribution in [0.4, 0.5) is 0 Å². The standard InChI is InChI=1S/C19H26N2O2/c1-2-17-9-3-4-12-21(17)19(23)16-8-5-7-15(13-16)14-20-11-6-10-18(20)22/h5,7-8,13,17H,2-4,6,9-12,14H2,1H3. The minimum absolute atomic E-state index is 0.145. The van der Waals surface area contributed by atoms with Crippen LogP contribution < -0.4 is 0 Å². The van der Waals surface area contributed by atoms with Gasteiger partial charge in [-0.15, -0.1) is 0 Å². The Bertz CT molecular complexity index is 584. The van der Waals surface area contributed by atoms with Crippen molar-refractivity contribution in [3.8, 4) is 0 Å². The Morgan fingerprint density at radius 1 is 1.22 bits per heavy atom. The van der Waals surface area contributed by atoms with Crippen molar-refractivity contribution in [3.05, 3.63) is 35.4 Å². The molecule has 1 aromatic carbocycles. The van der Waals surface area contributed by atoms with Crippen molar-refractivity contribution < 1.29 is 9.59 Å². The van der Waals surface area contributed by atoms with Crippen LogP contribution in [0, 0.1) is 0 Å². The normalized spacial score (nSPS) is 21.8. The molecule has 1 unspecified atom stereocenters. The Balaban J connectivity index is 1.73. The first-order valence-corrected chi connectivity index (χ1v) is 8.86. The molecule has 0 saturated carbocycles. The summed E-state index contributed by atoms with van der Waals surface area (Å²) in [5.74, 6) is 0.370. The van der Waals surface area contributed by atoms with Gasteiger partial charge in [-0.05, 0) is 49.8 Å². The van der Waals surface area contributed by atoms with Crippen LogP contribution in [-0.2, 0) is 11.3 Å². The number of amides is 2. The molecule has 0 aromatic heterocycles. The van der Waals surface area contributed by atoms with Gasteiger partial charge in [0.05, 0.1) is 0 Å². The summed E-state index contributed by atoms with van der Waals surface area (Å²) in [5.41, 5.74) is 1.81. The van der Waals surface area contributed by atoms with Gasteiger partial charge in [0.1, 0.15) is 0 Å². The van der Waals surface area contributed by atoms with Gasteiger partial charge in [-0.1, -0.05) is 19.1 Å². The van der Waals surface area contributed by atoms with Crippen LogP contribution in [0.1, 0.15) is 61.4 Å². The van der Waals surface area contributed by atoms with Crippen molar-refractivity contribution in [2.24, 2.45) is 0 Å². The first kappa shape index (κ1) is 16.0. The fourth-order valence-corrected chi connectivity index (χ4v) is 3.75. The lowest BCUT2D eigenvalue weighted by atomic mass is 9.98. The fraction of sp³-hybridized carbons (Fsp3) is 0.579. The van der Waals surface area contributed by atoms with Crippen LogP contribution in [0.3, 0.4) is 0 Å². The summed E-state index contributed by atoms with van der Waals surface area (Å²) in [6.07, 6.45) is 6.07. The van der Waals surface area contributed by atoms with Crippen molar-refractivity contribution in [3.63, 3.8) is 0 Å². The van der Waals surface area contributed by atoms with E-state index in [0.717, 1.165) is 49.9 Å². The zero-order valence-electron chi connectivity index (χ0n) is 14.0. The highest BCUT2D eigenvalue weighted by Crippen LogP contribution is 2.22. The van der Waals surface area contributed by atoms with Gasteiger partial charge in [-0.2, -0.15) is 0 Å². The molecule has 2 saturated heterocycles. The molecule has 1 aromatic rings. The van der Waals surface area contributed by atoms with Crippen LogP contribution in [0.5, 0.6) is 0 Å². The van der Waals surface area contributed by atoms with Gasteiger partial charge in [-0.3, -0.25) is 9.59 Å². The van der Waals surface area contributed by atoms with Crippen molar-refractivity contribution in [2.45, 2.75) is 58.0 Å². The lowest BCUT2D eigenvalue weighted by Crippen LogP contribution is -2.43. The first-order chi connectivity index (χ1) is 11.2. The number of piperidine rings is 1. The van der Waals surface area contributed by atoms with E-state index in [2.05, 4.69) is 6.92 Å². The van der Waals surface area contributed by atoms with E-state index < -0.39 is 0 Å². The average molecular weight is 314 g/mol. The maximum Gasteiger partial charge on any atom is 0.254 e. The Labute approximate surface area is 138 Å². The number of rotatable bonds is 4. The van der Waals surface area contributed by atoms with Crippen molar-refractivity contribution in [1.29, 1.82) is 0 Å². The Morgan fingerprint density at radius 3 is 2.83 bits per heavy atom. The lowest BCUT2D eigenvalue weighted by molar-refractivity contribution is -0.128. The number of hydrogen-bond acceptors (Lipinski definition) is 2. The van der Waals surface area contributed by atoms with E-state index in [-0.39, 0.29) is 11.8 Å². The van der Waals surface area contributed by atoms with E-state index in [1.54, 1.807) is 0 Å². The molecule has 3 rings (SSSR count). The van der Waals surface area contributed by atoms with E-state index >= 15 is 0 Å². The van der Waals surface area contributed by atoms with Crippen molar-refractivity contribution in [2.75, 3.05) is 13.1 Å². The molecule has 2 aliphatic rings. The third kappa shape index (κ3) is 3.57. The summed E-state index contributed by atoms with van der Waals surface area (Å²) in [7, 11) is 0. The lowest BCUT2D eigenvalue weighted by Gasteiger charge is -2.35. The summed E-state index contributed by atoms with van der Waals surface area (Å²) in [6.45, 7) is 4.48. The van der Waals surface area contributed by atoms with Gasteiger partial charge in [0.15, 0.2) is 0 Å². The number of carbonyl (C=O) groups is 2. The SMILES string of the molecule is CCC1CCCCN1C(=O)c1cccc(CN2CCCC2=O)c1. The molecule has 4 heteroatoms. The Hall–Kier alpha value is -1.84. The summed E-state index contributed by atoms with van der Waals surface area (Å²) in [4.78, 5) is 28.6. The quantitative estimate of drug-likeness (QED) is 0.856. The zero-order chi connectivity index (χ0) is 16.2. The average Bonchev–Trinajstić information content (AvgIpc) is 2.99. The molecule has 0 aliphatic carbocycles. The number of nitrogens with zero attached hydrogens (tertiary/aromatic N) is 2. The van der Waals surface area contributed by atoms with Crippen LogP contribution in [0.25, 0.3) is 0 Å². The van der Waals surface area contributed by atoms with E-state index in [0.29, 0.717) is 19.0 Å². The Kier molecular flexibility index (Phi) is 4.99. The number of likely N-dealkylation sites (tertiary alicyclic amines) is 2. The number of hydrogen-bond donors (Lipinski definition) is 0. The van der Waals surface area contributed by atoms with Gasteiger partial charge in [-0.25, -0.2) is 0 Å². The van der Waals surface area contributed by atoms with Crippen molar-refractivity contribution >= 4 is 11.8 Å². The second-order valence-electron chi connectivity index (χ2n) is 6.68. The highest BCUT2D eigenvalue weighted by molar-refractivity contribution is 5.94. The first-order valence-electron chi connectivity index (χ1n) is 8.86. The molecular weight excluding hydrogens is 288 g/mol. The predicted molar refractivity (Wildman–Crippen MR) is 90.1 cm³/mol. The third-order valence-electron chi connectivity index (χ3n) is 5.08. The van der Waals surface area contributed by atoms with Gasteiger partial charge < -0.3 is 9.80 Å². The molecule has 0 spiro atoms. The second-order valence-corrected chi connectivity index (χ2v) is 6.68. The highest BCUT2D eigenvalue weighted by Gasteiger charge is 2.26. The molecule has 124 valence electrons. The molecule has 2 fully saturated rings. The second kappa shape index (κ2) is 7.16. The molecule has 4 nitrogen and oxygen atoms in total. The third-order valence-corrected chi connectivity index (χ3v) is 5.08.